The lowest BCUT2D eigenvalue weighted by molar-refractivity contribution is -0.122. The Bertz CT molecular complexity index is 459. The van der Waals surface area contributed by atoms with Gasteiger partial charge in [0, 0.05) is 12.1 Å². The van der Waals surface area contributed by atoms with Gasteiger partial charge in [-0.05, 0) is 44.9 Å². The maximum absolute atomic E-state index is 11.6. The first kappa shape index (κ1) is 17.3. The SMILES string of the molecule is COc1ccc(CC(C)N)cc1OCCC(=O)NC(C)C. The van der Waals surface area contributed by atoms with Crippen LogP contribution >= 0.6 is 0 Å². The van der Waals surface area contributed by atoms with Gasteiger partial charge in [-0.25, -0.2) is 0 Å². The average molecular weight is 294 g/mol. The molecule has 118 valence electrons. The maximum atomic E-state index is 11.6. The zero-order valence-corrected chi connectivity index (χ0v) is 13.3. The van der Waals surface area contributed by atoms with Gasteiger partial charge in [-0.1, -0.05) is 6.07 Å². The second-order valence-electron chi connectivity index (χ2n) is 5.49. The third-order valence-electron chi connectivity index (χ3n) is 2.82. The minimum absolute atomic E-state index is 0.0179. The number of methoxy groups -OCH3 is 1. The third-order valence-corrected chi connectivity index (χ3v) is 2.82. The molecule has 1 aromatic carbocycles. The zero-order chi connectivity index (χ0) is 15.8. The molecule has 0 heterocycles. The lowest BCUT2D eigenvalue weighted by atomic mass is 10.1. The zero-order valence-electron chi connectivity index (χ0n) is 13.3. The normalized spacial score (nSPS) is 12.1. The van der Waals surface area contributed by atoms with Crippen molar-refractivity contribution in [1.82, 2.24) is 5.32 Å². The van der Waals surface area contributed by atoms with Crippen molar-refractivity contribution in [3.8, 4) is 11.5 Å². The number of carbonyl (C=O) groups excluding carboxylic acids is 1. The lowest BCUT2D eigenvalue weighted by Gasteiger charge is -2.14. The van der Waals surface area contributed by atoms with Crippen LogP contribution in [0.15, 0.2) is 18.2 Å². The molecular weight excluding hydrogens is 268 g/mol. The number of carbonyl (C=O) groups is 1. The highest BCUT2D eigenvalue weighted by Crippen LogP contribution is 2.28. The molecule has 3 N–H and O–H groups in total. The molecule has 1 aromatic rings. The lowest BCUT2D eigenvalue weighted by Crippen LogP contribution is -2.31. The molecule has 1 amide bonds. The van der Waals surface area contributed by atoms with Crippen molar-refractivity contribution in [1.29, 1.82) is 0 Å². The highest BCUT2D eigenvalue weighted by molar-refractivity contribution is 5.76. The van der Waals surface area contributed by atoms with E-state index in [1.807, 2.05) is 39.0 Å². The highest BCUT2D eigenvalue weighted by atomic mass is 16.5. The molecule has 0 spiro atoms. The van der Waals surface area contributed by atoms with Gasteiger partial charge >= 0.3 is 0 Å². The Morgan fingerprint density at radius 1 is 1.29 bits per heavy atom. The van der Waals surface area contributed by atoms with E-state index in [-0.39, 0.29) is 18.0 Å². The molecule has 0 saturated carbocycles. The number of amides is 1. The molecule has 1 atom stereocenters. The molecule has 0 bridgehead atoms. The van der Waals surface area contributed by atoms with E-state index in [0.717, 1.165) is 12.0 Å². The van der Waals surface area contributed by atoms with Crippen LogP contribution in [-0.4, -0.2) is 31.7 Å². The Labute approximate surface area is 126 Å². The number of nitrogens with one attached hydrogen (secondary N) is 1. The molecule has 0 fully saturated rings. The Kier molecular flexibility index (Phi) is 7.02. The fourth-order valence-corrected chi connectivity index (χ4v) is 1.98. The summed E-state index contributed by atoms with van der Waals surface area (Å²) in [6.45, 7) is 6.13. The van der Waals surface area contributed by atoms with Crippen molar-refractivity contribution < 1.29 is 14.3 Å². The van der Waals surface area contributed by atoms with E-state index < -0.39 is 0 Å². The van der Waals surface area contributed by atoms with E-state index in [4.69, 9.17) is 15.2 Å². The fourth-order valence-electron chi connectivity index (χ4n) is 1.98. The van der Waals surface area contributed by atoms with Gasteiger partial charge in [0.05, 0.1) is 20.1 Å². The fraction of sp³-hybridized carbons (Fsp3) is 0.562. The van der Waals surface area contributed by atoms with Crippen molar-refractivity contribution >= 4 is 5.91 Å². The van der Waals surface area contributed by atoms with Crippen LogP contribution in [0.2, 0.25) is 0 Å². The van der Waals surface area contributed by atoms with Crippen LogP contribution in [0.1, 0.15) is 32.8 Å². The summed E-state index contributed by atoms with van der Waals surface area (Å²) in [5.41, 5.74) is 6.90. The van der Waals surface area contributed by atoms with Gasteiger partial charge in [-0.15, -0.1) is 0 Å². The summed E-state index contributed by atoms with van der Waals surface area (Å²) in [4.78, 5) is 11.6. The van der Waals surface area contributed by atoms with Crippen molar-refractivity contribution in [2.75, 3.05) is 13.7 Å². The molecule has 0 aliphatic heterocycles. The summed E-state index contributed by atoms with van der Waals surface area (Å²) in [5.74, 6) is 1.29. The minimum Gasteiger partial charge on any atom is -0.493 e. The number of benzene rings is 1. The van der Waals surface area contributed by atoms with E-state index in [1.165, 1.54) is 0 Å². The molecular formula is C16H26N2O3. The topological polar surface area (TPSA) is 73.6 Å². The number of ether oxygens (including phenoxy) is 2. The quantitative estimate of drug-likeness (QED) is 0.768. The van der Waals surface area contributed by atoms with Crippen molar-refractivity contribution in [2.24, 2.45) is 5.73 Å². The summed E-state index contributed by atoms with van der Waals surface area (Å²) in [6.07, 6.45) is 1.09. The van der Waals surface area contributed by atoms with Crippen LogP contribution in [-0.2, 0) is 11.2 Å². The summed E-state index contributed by atoms with van der Waals surface area (Å²) in [5, 5.41) is 2.83. The van der Waals surface area contributed by atoms with Crippen molar-refractivity contribution in [2.45, 2.75) is 45.7 Å². The molecule has 5 nitrogen and oxygen atoms in total. The molecule has 0 radical (unpaired) electrons. The monoisotopic (exact) mass is 294 g/mol. The minimum atomic E-state index is -0.0179. The van der Waals surface area contributed by atoms with Crippen LogP contribution in [0.25, 0.3) is 0 Å². The Morgan fingerprint density at radius 3 is 2.57 bits per heavy atom. The first-order valence-electron chi connectivity index (χ1n) is 7.27. The molecule has 5 heteroatoms. The maximum Gasteiger partial charge on any atom is 0.223 e. The molecule has 0 aliphatic carbocycles. The van der Waals surface area contributed by atoms with E-state index in [9.17, 15) is 4.79 Å². The average Bonchev–Trinajstić information content (AvgIpc) is 2.37. The van der Waals surface area contributed by atoms with E-state index in [1.54, 1.807) is 7.11 Å². The molecule has 0 saturated heterocycles. The Balaban J connectivity index is 2.61. The van der Waals surface area contributed by atoms with Crippen LogP contribution < -0.4 is 20.5 Å². The van der Waals surface area contributed by atoms with Crippen LogP contribution in [0, 0.1) is 0 Å². The summed E-state index contributed by atoms with van der Waals surface area (Å²) < 4.78 is 10.9. The third kappa shape index (κ3) is 6.49. The molecule has 1 unspecified atom stereocenters. The standard InChI is InChI=1S/C16H26N2O3/c1-11(2)18-16(19)7-8-21-15-10-13(9-12(3)17)5-6-14(15)20-4/h5-6,10-12H,7-9,17H2,1-4H3,(H,18,19). The summed E-state index contributed by atoms with van der Waals surface area (Å²) >= 11 is 0. The smallest absolute Gasteiger partial charge is 0.223 e. The van der Waals surface area contributed by atoms with Crippen LogP contribution in [0.4, 0.5) is 0 Å². The number of rotatable bonds is 8. The first-order valence-corrected chi connectivity index (χ1v) is 7.27. The molecule has 0 aliphatic rings. The van der Waals surface area contributed by atoms with E-state index >= 15 is 0 Å². The second kappa shape index (κ2) is 8.52. The van der Waals surface area contributed by atoms with E-state index in [2.05, 4.69) is 5.32 Å². The first-order chi connectivity index (χ1) is 9.92. The Hall–Kier alpha value is -1.75. The van der Waals surface area contributed by atoms with Crippen molar-refractivity contribution in [3.63, 3.8) is 0 Å². The molecule has 1 rings (SSSR count). The number of nitrogens with two attached hydrogens (primary N) is 1. The van der Waals surface area contributed by atoms with Gasteiger partial charge in [0.15, 0.2) is 11.5 Å². The molecule has 0 aromatic heterocycles. The summed E-state index contributed by atoms with van der Waals surface area (Å²) in [7, 11) is 1.60. The van der Waals surface area contributed by atoms with Gasteiger partial charge in [0.25, 0.3) is 0 Å². The van der Waals surface area contributed by atoms with Crippen molar-refractivity contribution in [3.05, 3.63) is 23.8 Å². The molecule has 21 heavy (non-hydrogen) atoms. The predicted molar refractivity (Wildman–Crippen MR) is 83.7 cm³/mol. The second-order valence-corrected chi connectivity index (χ2v) is 5.49. The highest BCUT2D eigenvalue weighted by Gasteiger charge is 2.09. The van der Waals surface area contributed by atoms with Gasteiger partial charge in [0.2, 0.25) is 5.91 Å². The number of hydrogen-bond donors (Lipinski definition) is 2. The Morgan fingerprint density at radius 2 is 2.00 bits per heavy atom. The van der Waals surface area contributed by atoms with Gasteiger partial charge < -0.3 is 20.5 Å². The van der Waals surface area contributed by atoms with E-state index in [0.29, 0.717) is 24.5 Å². The summed E-state index contributed by atoms with van der Waals surface area (Å²) in [6, 6.07) is 5.98. The van der Waals surface area contributed by atoms with Gasteiger partial charge in [-0.2, -0.15) is 0 Å². The number of hydrogen-bond acceptors (Lipinski definition) is 4. The van der Waals surface area contributed by atoms with Crippen LogP contribution in [0.5, 0.6) is 11.5 Å². The van der Waals surface area contributed by atoms with Gasteiger partial charge in [0.1, 0.15) is 0 Å². The largest absolute Gasteiger partial charge is 0.493 e. The predicted octanol–water partition coefficient (Wildman–Crippen LogP) is 1.88. The van der Waals surface area contributed by atoms with Crippen LogP contribution in [0.3, 0.4) is 0 Å². The van der Waals surface area contributed by atoms with Gasteiger partial charge in [-0.3, -0.25) is 4.79 Å².